The van der Waals surface area contributed by atoms with Crippen LogP contribution in [0.3, 0.4) is 0 Å². The summed E-state index contributed by atoms with van der Waals surface area (Å²) >= 11 is 0. The number of pyridine rings is 1. The zero-order valence-corrected chi connectivity index (χ0v) is 14.1. The number of morpholine rings is 1. The fourth-order valence-corrected chi connectivity index (χ4v) is 3.12. The average Bonchev–Trinajstić information content (AvgIpc) is 2.64. The van der Waals surface area contributed by atoms with Gasteiger partial charge in [0.05, 0.1) is 13.2 Å². The van der Waals surface area contributed by atoms with Gasteiger partial charge in [0.25, 0.3) is 0 Å². The number of nitrogens with zero attached hydrogens (tertiary/aromatic N) is 2. The molecule has 1 saturated heterocycles. The molecule has 24 heavy (non-hydrogen) atoms. The minimum Gasteiger partial charge on any atom is -0.508 e. The smallest absolute Gasteiger partial charge is 0.133 e. The van der Waals surface area contributed by atoms with E-state index in [0.717, 1.165) is 44.1 Å². The van der Waals surface area contributed by atoms with E-state index in [9.17, 15) is 5.11 Å². The maximum Gasteiger partial charge on any atom is 0.133 e. The Morgan fingerprint density at radius 3 is 2.75 bits per heavy atom. The van der Waals surface area contributed by atoms with E-state index in [4.69, 9.17) is 4.74 Å². The molecule has 1 aromatic carbocycles. The fraction of sp³-hybridized carbons (Fsp3) is 0.421. The van der Waals surface area contributed by atoms with Crippen LogP contribution in [0, 0.1) is 0 Å². The number of aromatic hydroxyl groups is 1. The van der Waals surface area contributed by atoms with Gasteiger partial charge in [-0.25, -0.2) is 4.98 Å². The highest BCUT2D eigenvalue weighted by Crippen LogP contribution is 2.27. The Labute approximate surface area is 143 Å². The van der Waals surface area contributed by atoms with Crippen molar-refractivity contribution in [1.82, 2.24) is 10.3 Å². The molecule has 1 aromatic heterocycles. The van der Waals surface area contributed by atoms with Crippen LogP contribution in [0.15, 0.2) is 42.6 Å². The molecule has 0 bridgehead atoms. The van der Waals surface area contributed by atoms with Gasteiger partial charge < -0.3 is 20.1 Å². The zero-order valence-electron chi connectivity index (χ0n) is 14.1. The van der Waals surface area contributed by atoms with E-state index in [1.54, 1.807) is 6.07 Å². The summed E-state index contributed by atoms with van der Waals surface area (Å²) in [6.07, 6.45) is 2.75. The normalized spacial score (nSPS) is 16.1. The van der Waals surface area contributed by atoms with E-state index in [0.29, 0.717) is 12.3 Å². The molecule has 5 nitrogen and oxygen atoms in total. The summed E-state index contributed by atoms with van der Waals surface area (Å²) in [6, 6.07) is 11.7. The van der Waals surface area contributed by atoms with Gasteiger partial charge in [-0.3, -0.25) is 0 Å². The largest absolute Gasteiger partial charge is 0.508 e. The van der Waals surface area contributed by atoms with Crippen LogP contribution in [-0.4, -0.2) is 36.4 Å². The number of phenolic OH excluding ortho intramolecular Hbond substituents is 1. The third-order valence-corrected chi connectivity index (χ3v) is 4.44. The molecular formula is C19H25N3O2. The first-order valence-electron chi connectivity index (χ1n) is 8.57. The second kappa shape index (κ2) is 8.13. The standard InChI is InChI=1S/C19H25N3O2/c1-2-17(16-7-3-4-8-18(16)23)21-14-15-6-5-9-20-19(15)22-10-12-24-13-11-22/h3-9,17,21,23H,2,10-14H2,1H3/t17-/m1/s1. The molecule has 128 valence electrons. The molecule has 5 heteroatoms. The third-order valence-electron chi connectivity index (χ3n) is 4.44. The highest BCUT2D eigenvalue weighted by Gasteiger charge is 2.17. The third kappa shape index (κ3) is 3.86. The predicted octanol–water partition coefficient (Wildman–Crippen LogP) is 2.86. The molecule has 0 radical (unpaired) electrons. The molecule has 2 heterocycles. The first-order chi connectivity index (χ1) is 11.8. The maximum absolute atomic E-state index is 10.1. The molecule has 1 atom stereocenters. The van der Waals surface area contributed by atoms with Crippen molar-refractivity contribution in [2.24, 2.45) is 0 Å². The average molecular weight is 327 g/mol. The number of anilines is 1. The fourth-order valence-electron chi connectivity index (χ4n) is 3.12. The van der Waals surface area contributed by atoms with E-state index in [1.807, 2.05) is 30.5 Å². The van der Waals surface area contributed by atoms with Gasteiger partial charge in [-0.2, -0.15) is 0 Å². The van der Waals surface area contributed by atoms with Crippen LogP contribution in [0.5, 0.6) is 5.75 Å². The van der Waals surface area contributed by atoms with Crippen molar-refractivity contribution in [2.75, 3.05) is 31.2 Å². The molecule has 0 saturated carbocycles. The minimum absolute atomic E-state index is 0.115. The van der Waals surface area contributed by atoms with Gasteiger partial charge in [0.15, 0.2) is 0 Å². The van der Waals surface area contributed by atoms with Crippen molar-refractivity contribution in [1.29, 1.82) is 0 Å². The lowest BCUT2D eigenvalue weighted by Gasteiger charge is -2.30. The molecule has 0 spiro atoms. The Morgan fingerprint density at radius 1 is 1.21 bits per heavy atom. The van der Waals surface area contributed by atoms with Gasteiger partial charge in [-0.15, -0.1) is 0 Å². The van der Waals surface area contributed by atoms with Crippen LogP contribution in [0.2, 0.25) is 0 Å². The topological polar surface area (TPSA) is 57.6 Å². The van der Waals surface area contributed by atoms with Crippen LogP contribution >= 0.6 is 0 Å². The number of para-hydroxylation sites is 1. The summed E-state index contributed by atoms with van der Waals surface area (Å²) in [7, 11) is 0. The molecule has 1 fully saturated rings. The van der Waals surface area contributed by atoms with E-state index in [-0.39, 0.29) is 6.04 Å². The Morgan fingerprint density at radius 2 is 2.00 bits per heavy atom. The van der Waals surface area contributed by atoms with Crippen molar-refractivity contribution >= 4 is 5.82 Å². The summed E-state index contributed by atoms with van der Waals surface area (Å²) in [4.78, 5) is 6.86. The van der Waals surface area contributed by atoms with Crippen LogP contribution in [-0.2, 0) is 11.3 Å². The van der Waals surface area contributed by atoms with E-state index in [2.05, 4.69) is 28.2 Å². The molecule has 2 N–H and O–H groups in total. The monoisotopic (exact) mass is 327 g/mol. The summed E-state index contributed by atoms with van der Waals surface area (Å²) < 4.78 is 5.43. The molecule has 1 aliphatic heterocycles. The number of benzene rings is 1. The zero-order chi connectivity index (χ0) is 16.8. The van der Waals surface area contributed by atoms with Crippen molar-refractivity contribution in [3.8, 4) is 5.75 Å². The highest BCUT2D eigenvalue weighted by atomic mass is 16.5. The number of ether oxygens (including phenoxy) is 1. The number of phenols is 1. The first kappa shape index (κ1) is 16.7. The number of nitrogens with one attached hydrogen (secondary N) is 1. The Bertz CT molecular complexity index is 657. The molecule has 3 rings (SSSR count). The predicted molar refractivity (Wildman–Crippen MR) is 95.2 cm³/mol. The van der Waals surface area contributed by atoms with Crippen LogP contribution < -0.4 is 10.2 Å². The van der Waals surface area contributed by atoms with Gasteiger partial charge >= 0.3 is 0 Å². The van der Waals surface area contributed by atoms with E-state index >= 15 is 0 Å². The number of rotatable bonds is 6. The highest BCUT2D eigenvalue weighted by molar-refractivity contribution is 5.47. The van der Waals surface area contributed by atoms with Crippen molar-refractivity contribution in [2.45, 2.75) is 25.9 Å². The molecule has 0 amide bonds. The van der Waals surface area contributed by atoms with E-state index in [1.165, 1.54) is 5.56 Å². The quantitative estimate of drug-likeness (QED) is 0.854. The summed E-state index contributed by atoms with van der Waals surface area (Å²) in [5.74, 6) is 1.37. The maximum atomic E-state index is 10.1. The lowest BCUT2D eigenvalue weighted by atomic mass is 10.0. The second-order valence-electron chi connectivity index (χ2n) is 5.99. The molecule has 1 aliphatic rings. The SMILES string of the molecule is CC[C@@H](NCc1cccnc1N1CCOCC1)c1ccccc1O. The van der Waals surface area contributed by atoms with Crippen molar-refractivity contribution in [3.63, 3.8) is 0 Å². The Hall–Kier alpha value is -2.11. The van der Waals surface area contributed by atoms with Crippen LogP contribution in [0.4, 0.5) is 5.82 Å². The van der Waals surface area contributed by atoms with Crippen LogP contribution in [0.25, 0.3) is 0 Å². The van der Waals surface area contributed by atoms with E-state index < -0.39 is 0 Å². The second-order valence-corrected chi connectivity index (χ2v) is 5.99. The summed E-state index contributed by atoms with van der Waals surface area (Å²) in [5.41, 5.74) is 2.12. The van der Waals surface area contributed by atoms with Crippen molar-refractivity contribution in [3.05, 3.63) is 53.7 Å². The number of hydrogen-bond acceptors (Lipinski definition) is 5. The molecule has 0 aliphatic carbocycles. The first-order valence-corrected chi connectivity index (χ1v) is 8.57. The molecular weight excluding hydrogens is 302 g/mol. The van der Waals surface area contributed by atoms with Gasteiger partial charge in [0.1, 0.15) is 11.6 Å². The van der Waals surface area contributed by atoms with Gasteiger partial charge in [-0.05, 0) is 18.6 Å². The van der Waals surface area contributed by atoms with Crippen LogP contribution in [0.1, 0.15) is 30.5 Å². The number of aromatic nitrogens is 1. The molecule has 0 unspecified atom stereocenters. The number of hydrogen-bond donors (Lipinski definition) is 2. The van der Waals surface area contributed by atoms with Gasteiger partial charge in [0.2, 0.25) is 0 Å². The minimum atomic E-state index is 0.115. The van der Waals surface area contributed by atoms with Crippen molar-refractivity contribution < 1.29 is 9.84 Å². The van der Waals surface area contributed by atoms with Gasteiger partial charge in [-0.1, -0.05) is 31.2 Å². The van der Waals surface area contributed by atoms with Gasteiger partial charge in [0, 0.05) is 43.0 Å². The lowest BCUT2D eigenvalue weighted by molar-refractivity contribution is 0.122. The summed E-state index contributed by atoms with van der Waals surface area (Å²) in [6.45, 7) is 6.09. The lowest BCUT2D eigenvalue weighted by Crippen LogP contribution is -2.37. The Kier molecular flexibility index (Phi) is 5.67. The Balaban J connectivity index is 1.73. The molecule has 2 aromatic rings. The summed E-state index contributed by atoms with van der Waals surface area (Å²) in [5, 5.41) is 13.7.